The molecule has 0 spiro atoms. The molecule has 1 aromatic rings. The molecule has 0 saturated carbocycles. The molecule has 0 amide bonds. The van der Waals surface area contributed by atoms with E-state index in [4.69, 9.17) is 12.3 Å². The minimum atomic E-state index is -0.849. The third-order valence-corrected chi connectivity index (χ3v) is 1.41. The number of nitrogens with zero attached hydrogens (tertiary/aromatic N) is 2. The molecule has 0 heterocycles. The first-order valence-electron chi connectivity index (χ1n) is 3.17. The van der Waals surface area contributed by atoms with Crippen molar-refractivity contribution in [1.82, 2.24) is 0 Å². The summed E-state index contributed by atoms with van der Waals surface area (Å²) in [4.78, 5) is 12.3. The predicted molar refractivity (Wildman–Crippen MR) is 43.7 cm³/mol. The van der Waals surface area contributed by atoms with Crippen molar-refractivity contribution in [2.24, 2.45) is 0 Å². The average molecular weight is 181 g/mol. The Morgan fingerprint density at radius 1 is 1.62 bits per heavy atom. The summed E-state index contributed by atoms with van der Waals surface area (Å²) in [5.41, 5.74) is 4.03. The van der Waals surface area contributed by atoms with E-state index in [9.17, 15) is 14.5 Å². The van der Waals surface area contributed by atoms with Crippen LogP contribution in [-0.2, 0) is 0 Å². The molecule has 66 valence electrons. The average Bonchev–Trinajstić information content (AvgIpc) is 2.03. The minimum absolute atomic E-state index is 0.282. The van der Waals surface area contributed by atoms with Gasteiger partial charge in [0.25, 0.3) is 5.69 Å². The smallest absolute Gasteiger partial charge is 0.282 e. The summed E-state index contributed by atoms with van der Waals surface area (Å²) >= 11 is 0. The topological polar surface area (TPSA) is 73.5 Å². The van der Waals surface area contributed by atoms with Crippen molar-refractivity contribution in [3.05, 3.63) is 39.5 Å². The van der Waals surface area contributed by atoms with Gasteiger partial charge < -0.3 is 5.73 Å². The first kappa shape index (κ1) is 8.93. The molecule has 0 fully saturated rings. The van der Waals surface area contributed by atoms with Crippen LogP contribution in [0.15, 0.2) is 12.1 Å². The zero-order valence-corrected chi connectivity index (χ0v) is 6.32. The van der Waals surface area contributed by atoms with Gasteiger partial charge in [0.1, 0.15) is 11.5 Å². The summed E-state index contributed by atoms with van der Waals surface area (Å²) < 4.78 is 12.8. The molecule has 2 N–H and O–H groups in total. The molecule has 13 heavy (non-hydrogen) atoms. The van der Waals surface area contributed by atoms with Gasteiger partial charge in [0, 0.05) is 6.07 Å². The number of halogens is 1. The van der Waals surface area contributed by atoms with E-state index in [0.29, 0.717) is 0 Å². The minimum Gasteiger partial charge on any atom is -0.393 e. The summed E-state index contributed by atoms with van der Waals surface area (Å²) in [5, 5.41) is 10.3. The van der Waals surface area contributed by atoms with Gasteiger partial charge in [-0.2, -0.15) is 0 Å². The van der Waals surface area contributed by atoms with E-state index in [2.05, 4.69) is 4.85 Å². The maximum absolute atomic E-state index is 12.8. The Bertz CT molecular complexity index is 411. The fourth-order valence-electron chi connectivity index (χ4n) is 0.810. The Kier molecular flexibility index (Phi) is 2.11. The van der Waals surface area contributed by atoms with Crippen LogP contribution in [0.25, 0.3) is 4.85 Å². The van der Waals surface area contributed by atoms with Gasteiger partial charge >= 0.3 is 0 Å². The van der Waals surface area contributed by atoms with Gasteiger partial charge in [-0.3, -0.25) is 10.1 Å². The summed E-state index contributed by atoms with van der Waals surface area (Å²) in [5.74, 6) is -0.849. The van der Waals surface area contributed by atoms with Crippen molar-refractivity contribution in [2.45, 2.75) is 0 Å². The number of hydrogen-bond donors (Lipinski definition) is 1. The Morgan fingerprint density at radius 3 is 2.69 bits per heavy atom. The van der Waals surface area contributed by atoms with Gasteiger partial charge in [0.2, 0.25) is 5.69 Å². The zero-order valence-electron chi connectivity index (χ0n) is 6.32. The lowest BCUT2D eigenvalue weighted by molar-refractivity contribution is -0.383. The number of nitrogen functional groups attached to an aromatic ring is 1. The van der Waals surface area contributed by atoms with Crippen LogP contribution in [0.1, 0.15) is 0 Å². The van der Waals surface area contributed by atoms with E-state index in [1.165, 1.54) is 0 Å². The van der Waals surface area contributed by atoms with E-state index in [0.717, 1.165) is 12.1 Å². The fourth-order valence-corrected chi connectivity index (χ4v) is 0.810. The highest BCUT2D eigenvalue weighted by Gasteiger charge is 2.15. The molecule has 0 atom stereocenters. The lowest BCUT2D eigenvalue weighted by Gasteiger charge is -1.98. The van der Waals surface area contributed by atoms with Crippen LogP contribution in [0.2, 0.25) is 0 Å². The monoisotopic (exact) mass is 181 g/mol. The summed E-state index contributed by atoms with van der Waals surface area (Å²) in [6.45, 7) is 6.51. The highest BCUT2D eigenvalue weighted by atomic mass is 19.1. The molecule has 5 nitrogen and oxygen atoms in total. The first-order chi connectivity index (χ1) is 6.06. The second kappa shape index (κ2) is 3.06. The number of nitro groups is 1. The Labute approximate surface area is 72.6 Å². The summed E-state index contributed by atoms with van der Waals surface area (Å²) in [6.07, 6.45) is 0. The molecule has 0 unspecified atom stereocenters. The van der Waals surface area contributed by atoms with Crippen molar-refractivity contribution in [1.29, 1.82) is 0 Å². The van der Waals surface area contributed by atoms with Crippen LogP contribution in [0.4, 0.5) is 21.5 Å². The number of hydrogen-bond acceptors (Lipinski definition) is 3. The Balaban J connectivity index is 3.41. The third kappa shape index (κ3) is 1.54. The largest absolute Gasteiger partial charge is 0.393 e. The molecular weight excluding hydrogens is 177 g/mol. The molecule has 0 aliphatic rings. The van der Waals surface area contributed by atoms with Crippen molar-refractivity contribution < 1.29 is 9.31 Å². The summed E-state index contributed by atoms with van der Waals surface area (Å²) in [7, 11) is 0. The van der Waals surface area contributed by atoms with Gasteiger partial charge in [0.15, 0.2) is 0 Å². The highest BCUT2D eigenvalue weighted by molar-refractivity contribution is 5.66. The van der Waals surface area contributed by atoms with E-state index >= 15 is 0 Å². The molecule has 1 aromatic carbocycles. The van der Waals surface area contributed by atoms with Crippen molar-refractivity contribution >= 4 is 17.1 Å². The van der Waals surface area contributed by atoms with Crippen LogP contribution in [0, 0.1) is 22.5 Å². The molecule has 0 aromatic heterocycles. The van der Waals surface area contributed by atoms with E-state index in [1.807, 2.05) is 0 Å². The van der Waals surface area contributed by atoms with Gasteiger partial charge in [-0.25, -0.2) is 9.24 Å². The van der Waals surface area contributed by atoms with Crippen molar-refractivity contribution in [3.8, 4) is 0 Å². The quantitative estimate of drug-likeness (QED) is 0.311. The van der Waals surface area contributed by atoms with Crippen LogP contribution >= 0.6 is 0 Å². The van der Waals surface area contributed by atoms with E-state index < -0.39 is 22.1 Å². The van der Waals surface area contributed by atoms with Gasteiger partial charge in [0.05, 0.1) is 11.5 Å². The lowest BCUT2D eigenvalue weighted by atomic mass is 10.2. The van der Waals surface area contributed by atoms with E-state index in [-0.39, 0.29) is 5.69 Å². The normalized spacial score (nSPS) is 9.23. The molecular formula is C7H4FN3O2. The SMILES string of the molecule is [C-]#[N+]c1cc([N+](=O)[O-])c(N)cc1F. The fraction of sp³-hybridized carbons (Fsp3) is 0. The maximum Gasteiger partial charge on any atom is 0.282 e. The molecule has 0 bridgehead atoms. The zero-order chi connectivity index (χ0) is 10.0. The highest BCUT2D eigenvalue weighted by Crippen LogP contribution is 2.29. The molecule has 1 rings (SSSR count). The second-order valence-electron chi connectivity index (χ2n) is 2.23. The molecule has 6 heteroatoms. The van der Waals surface area contributed by atoms with E-state index in [1.54, 1.807) is 0 Å². The number of nitro benzene ring substituents is 1. The number of rotatable bonds is 1. The van der Waals surface area contributed by atoms with Crippen molar-refractivity contribution in [2.75, 3.05) is 5.73 Å². The van der Waals surface area contributed by atoms with Crippen LogP contribution in [0.5, 0.6) is 0 Å². The molecule has 0 aliphatic carbocycles. The third-order valence-electron chi connectivity index (χ3n) is 1.41. The number of benzene rings is 1. The lowest BCUT2D eigenvalue weighted by Crippen LogP contribution is -1.96. The predicted octanol–water partition coefficient (Wildman–Crippen LogP) is 1.87. The first-order valence-corrected chi connectivity index (χ1v) is 3.17. The van der Waals surface area contributed by atoms with Gasteiger partial charge in [-0.15, -0.1) is 0 Å². The van der Waals surface area contributed by atoms with Gasteiger partial charge in [-0.05, 0) is 6.07 Å². The second-order valence-corrected chi connectivity index (χ2v) is 2.23. The maximum atomic E-state index is 12.8. The van der Waals surface area contributed by atoms with Crippen LogP contribution in [0.3, 0.4) is 0 Å². The molecule has 0 aliphatic heterocycles. The molecule has 0 saturated heterocycles. The summed E-state index contributed by atoms with van der Waals surface area (Å²) in [6, 6.07) is 1.59. The Morgan fingerprint density at radius 2 is 2.23 bits per heavy atom. The van der Waals surface area contributed by atoms with Gasteiger partial charge in [-0.1, -0.05) is 0 Å². The Hall–Kier alpha value is -2.16. The molecule has 0 radical (unpaired) electrons. The standard InChI is InChI=1S/C7H4FN3O2/c1-10-6-3-7(11(12)13)5(9)2-4(6)8/h2-3H,9H2. The van der Waals surface area contributed by atoms with Crippen LogP contribution in [-0.4, -0.2) is 4.92 Å². The van der Waals surface area contributed by atoms with Crippen LogP contribution < -0.4 is 5.73 Å². The number of anilines is 1. The van der Waals surface area contributed by atoms with Crippen molar-refractivity contribution in [3.63, 3.8) is 0 Å². The number of nitrogens with two attached hydrogens (primary N) is 1.